The Morgan fingerprint density at radius 2 is 2.15 bits per heavy atom. The van der Waals surface area contributed by atoms with E-state index in [4.69, 9.17) is 5.73 Å². The minimum Gasteiger partial charge on any atom is -0.370 e. The van der Waals surface area contributed by atoms with Gasteiger partial charge in [-0.15, -0.1) is 0 Å². The monoisotopic (exact) mass is 201 g/mol. The molecule has 0 saturated carbocycles. The Balaban J connectivity index is 2.27. The summed E-state index contributed by atoms with van der Waals surface area (Å²) >= 11 is 1.83. The van der Waals surface area contributed by atoms with E-state index in [-0.39, 0.29) is 24.0 Å². The lowest BCUT2D eigenvalue weighted by atomic mass is 9.98. The second kappa shape index (κ2) is 4.65. The standard InChI is InChI=1S/C9H15NO2S/c1-6-4-7(5-13-6)8(11)2-3-9(10)12/h6-7H,2-5H2,1H3,(H2,10,12). The molecule has 0 aromatic rings. The minimum absolute atomic E-state index is 0.166. The molecule has 4 heteroatoms. The normalized spacial score (nSPS) is 27.5. The zero-order valence-electron chi connectivity index (χ0n) is 7.79. The summed E-state index contributed by atoms with van der Waals surface area (Å²) in [6, 6.07) is 0. The molecule has 74 valence electrons. The van der Waals surface area contributed by atoms with Crippen LogP contribution in [0.3, 0.4) is 0 Å². The van der Waals surface area contributed by atoms with Crippen LogP contribution in [0.4, 0.5) is 0 Å². The van der Waals surface area contributed by atoms with Crippen molar-refractivity contribution in [3.8, 4) is 0 Å². The van der Waals surface area contributed by atoms with Gasteiger partial charge >= 0.3 is 0 Å². The fraction of sp³-hybridized carbons (Fsp3) is 0.778. The van der Waals surface area contributed by atoms with Crippen LogP contribution in [0.2, 0.25) is 0 Å². The molecule has 13 heavy (non-hydrogen) atoms. The van der Waals surface area contributed by atoms with E-state index >= 15 is 0 Å². The van der Waals surface area contributed by atoms with Crippen LogP contribution >= 0.6 is 11.8 Å². The van der Waals surface area contributed by atoms with Crippen molar-refractivity contribution >= 4 is 23.5 Å². The van der Waals surface area contributed by atoms with Crippen molar-refractivity contribution in [3.05, 3.63) is 0 Å². The van der Waals surface area contributed by atoms with E-state index in [1.807, 2.05) is 11.8 Å². The molecule has 0 radical (unpaired) electrons. The molecule has 0 bridgehead atoms. The van der Waals surface area contributed by atoms with Gasteiger partial charge in [0.2, 0.25) is 5.91 Å². The predicted octanol–water partition coefficient (Wildman–Crippen LogP) is 0.963. The summed E-state index contributed by atoms with van der Waals surface area (Å²) in [5.74, 6) is 0.903. The largest absolute Gasteiger partial charge is 0.370 e. The summed E-state index contributed by atoms with van der Waals surface area (Å²) in [5.41, 5.74) is 4.97. The number of nitrogens with two attached hydrogens (primary N) is 1. The maximum absolute atomic E-state index is 11.5. The Morgan fingerprint density at radius 3 is 2.62 bits per heavy atom. The number of thioether (sulfide) groups is 1. The SMILES string of the molecule is CC1CC(C(=O)CCC(N)=O)CS1. The molecule has 2 unspecified atom stereocenters. The lowest BCUT2D eigenvalue weighted by molar-refractivity contribution is -0.125. The van der Waals surface area contributed by atoms with Crippen LogP contribution in [0.15, 0.2) is 0 Å². The van der Waals surface area contributed by atoms with E-state index in [0.717, 1.165) is 12.2 Å². The third kappa shape index (κ3) is 3.38. The quantitative estimate of drug-likeness (QED) is 0.737. The molecule has 1 aliphatic rings. The molecular weight excluding hydrogens is 186 g/mol. The van der Waals surface area contributed by atoms with E-state index < -0.39 is 0 Å². The number of carbonyl (C=O) groups excluding carboxylic acids is 2. The molecule has 1 fully saturated rings. The highest BCUT2D eigenvalue weighted by molar-refractivity contribution is 8.00. The van der Waals surface area contributed by atoms with Gasteiger partial charge in [0.25, 0.3) is 0 Å². The van der Waals surface area contributed by atoms with Crippen LogP contribution in [0, 0.1) is 5.92 Å². The predicted molar refractivity (Wildman–Crippen MR) is 53.5 cm³/mol. The first-order valence-electron chi connectivity index (χ1n) is 4.52. The van der Waals surface area contributed by atoms with Crippen LogP contribution < -0.4 is 5.73 Å². The summed E-state index contributed by atoms with van der Waals surface area (Å²) in [5, 5.41) is 0.586. The van der Waals surface area contributed by atoms with E-state index in [2.05, 4.69) is 6.92 Å². The van der Waals surface area contributed by atoms with E-state index in [1.165, 1.54) is 0 Å². The molecule has 1 rings (SSSR count). The van der Waals surface area contributed by atoms with Gasteiger partial charge in [-0.1, -0.05) is 6.92 Å². The molecular formula is C9H15NO2S. The van der Waals surface area contributed by atoms with E-state index in [9.17, 15) is 9.59 Å². The van der Waals surface area contributed by atoms with Crippen molar-refractivity contribution in [1.82, 2.24) is 0 Å². The zero-order chi connectivity index (χ0) is 9.84. The summed E-state index contributed by atoms with van der Waals surface area (Å²) < 4.78 is 0. The fourth-order valence-corrected chi connectivity index (χ4v) is 2.74. The minimum atomic E-state index is -0.382. The lowest BCUT2D eigenvalue weighted by Gasteiger charge is -2.05. The smallest absolute Gasteiger partial charge is 0.217 e. The Labute approximate surface area is 82.4 Å². The summed E-state index contributed by atoms with van der Waals surface area (Å²) in [4.78, 5) is 21.9. The summed E-state index contributed by atoms with van der Waals surface area (Å²) in [6.45, 7) is 2.13. The highest BCUT2D eigenvalue weighted by Crippen LogP contribution is 2.32. The van der Waals surface area contributed by atoms with Gasteiger partial charge in [0, 0.05) is 29.8 Å². The second-order valence-electron chi connectivity index (χ2n) is 3.51. The number of Topliss-reactive ketones (excluding diaryl/α,β-unsaturated/α-hetero) is 1. The van der Waals surface area contributed by atoms with Gasteiger partial charge in [-0.05, 0) is 6.42 Å². The molecule has 1 aliphatic heterocycles. The van der Waals surface area contributed by atoms with Crippen molar-refractivity contribution in [1.29, 1.82) is 0 Å². The average molecular weight is 201 g/mol. The van der Waals surface area contributed by atoms with Crippen molar-refractivity contribution in [3.63, 3.8) is 0 Å². The topological polar surface area (TPSA) is 60.2 Å². The number of carbonyl (C=O) groups is 2. The molecule has 1 saturated heterocycles. The summed E-state index contributed by atoms with van der Waals surface area (Å²) in [7, 11) is 0. The highest BCUT2D eigenvalue weighted by Gasteiger charge is 2.27. The highest BCUT2D eigenvalue weighted by atomic mass is 32.2. The molecule has 3 nitrogen and oxygen atoms in total. The first-order chi connectivity index (χ1) is 6.09. The third-order valence-corrected chi connectivity index (χ3v) is 3.63. The first kappa shape index (κ1) is 10.6. The number of ketones is 1. The van der Waals surface area contributed by atoms with Crippen molar-refractivity contribution in [2.75, 3.05) is 5.75 Å². The van der Waals surface area contributed by atoms with Gasteiger partial charge in [-0.3, -0.25) is 9.59 Å². The van der Waals surface area contributed by atoms with Gasteiger partial charge in [0.05, 0.1) is 0 Å². The number of hydrogen-bond donors (Lipinski definition) is 1. The Kier molecular flexibility index (Phi) is 3.78. The fourth-order valence-electron chi connectivity index (χ4n) is 1.49. The van der Waals surface area contributed by atoms with Gasteiger partial charge in [0.1, 0.15) is 5.78 Å². The van der Waals surface area contributed by atoms with Gasteiger partial charge in [-0.2, -0.15) is 11.8 Å². The van der Waals surface area contributed by atoms with Crippen LogP contribution in [-0.4, -0.2) is 22.7 Å². The first-order valence-corrected chi connectivity index (χ1v) is 5.57. The number of primary amides is 1. The Morgan fingerprint density at radius 1 is 1.46 bits per heavy atom. The molecule has 1 amide bonds. The molecule has 0 spiro atoms. The van der Waals surface area contributed by atoms with Crippen LogP contribution in [0.5, 0.6) is 0 Å². The molecule has 0 aromatic heterocycles. The van der Waals surface area contributed by atoms with E-state index in [1.54, 1.807) is 0 Å². The van der Waals surface area contributed by atoms with Crippen molar-refractivity contribution in [2.45, 2.75) is 31.4 Å². The van der Waals surface area contributed by atoms with Gasteiger partial charge < -0.3 is 5.73 Å². The molecule has 2 N–H and O–H groups in total. The third-order valence-electron chi connectivity index (χ3n) is 2.27. The molecule has 0 aromatic carbocycles. The van der Waals surface area contributed by atoms with Crippen LogP contribution in [-0.2, 0) is 9.59 Å². The maximum atomic E-state index is 11.5. The van der Waals surface area contributed by atoms with Crippen LogP contribution in [0.25, 0.3) is 0 Å². The number of hydrogen-bond acceptors (Lipinski definition) is 3. The Bertz CT molecular complexity index is 218. The molecule has 0 aliphatic carbocycles. The van der Waals surface area contributed by atoms with Gasteiger partial charge in [-0.25, -0.2) is 0 Å². The molecule has 2 atom stereocenters. The molecule has 1 heterocycles. The van der Waals surface area contributed by atoms with Crippen molar-refractivity contribution in [2.24, 2.45) is 11.7 Å². The summed E-state index contributed by atoms with van der Waals surface area (Å²) in [6.07, 6.45) is 1.49. The number of amides is 1. The van der Waals surface area contributed by atoms with E-state index in [0.29, 0.717) is 11.7 Å². The number of rotatable bonds is 4. The maximum Gasteiger partial charge on any atom is 0.217 e. The van der Waals surface area contributed by atoms with Crippen LogP contribution in [0.1, 0.15) is 26.2 Å². The Hall–Kier alpha value is -0.510. The average Bonchev–Trinajstić information content (AvgIpc) is 2.47. The van der Waals surface area contributed by atoms with Crippen molar-refractivity contribution < 1.29 is 9.59 Å². The zero-order valence-corrected chi connectivity index (χ0v) is 8.60. The van der Waals surface area contributed by atoms with Gasteiger partial charge in [0.15, 0.2) is 0 Å². The lowest BCUT2D eigenvalue weighted by Crippen LogP contribution is -2.18. The second-order valence-corrected chi connectivity index (χ2v) is 4.98.